The Hall–Kier alpha value is -1.10. The number of esters is 1. The molecule has 1 aromatic heterocycles. The largest absolute Gasteiger partial charge is 0.466 e. The Balaban J connectivity index is 2.45. The Morgan fingerprint density at radius 2 is 2.36 bits per heavy atom. The zero-order valence-electron chi connectivity index (χ0n) is 8.37. The number of aromatic nitrogens is 1. The number of aryl methyl sites for hydroxylation is 2. The molecular formula is C9H14N2O2S. The number of nitrogens with zero attached hydrogens (tertiary/aromatic N) is 1. The van der Waals surface area contributed by atoms with E-state index in [1.54, 1.807) is 6.92 Å². The molecule has 2 N–H and O–H groups in total. The quantitative estimate of drug-likeness (QED) is 0.772. The first-order chi connectivity index (χ1) is 6.63. The first kappa shape index (κ1) is 11.0. The van der Waals surface area contributed by atoms with Gasteiger partial charge in [0.15, 0.2) is 5.13 Å². The summed E-state index contributed by atoms with van der Waals surface area (Å²) in [6.07, 6.45) is 1.07. The van der Waals surface area contributed by atoms with Crippen LogP contribution in [0.15, 0.2) is 0 Å². The normalized spacial score (nSPS) is 10.1. The second-order valence-electron chi connectivity index (χ2n) is 2.87. The van der Waals surface area contributed by atoms with Crippen molar-refractivity contribution >= 4 is 22.4 Å². The number of rotatable bonds is 4. The molecule has 0 saturated heterocycles. The van der Waals surface area contributed by atoms with Crippen LogP contribution in [0.3, 0.4) is 0 Å². The fourth-order valence-electron chi connectivity index (χ4n) is 1.13. The number of hydrogen-bond acceptors (Lipinski definition) is 5. The maximum Gasteiger partial charge on any atom is 0.306 e. The van der Waals surface area contributed by atoms with Gasteiger partial charge in [-0.1, -0.05) is 0 Å². The second kappa shape index (κ2) is 4.95. The molecule has 4 nitrogen and oxygen atoms in total. The molecule has 14 heavy (non-hydrogen) atoms. The number of hydrogen-bond donors (Lipinski definition) is 1. The lowest BCUT2D eigenvalue weighted by Gasteiger charge is -1.99. The van der Waals surface area contributed by atoms with Crippen LogP contribution in [0.1, 0.15) is 23.9 Å². The molecule has 0 aromatic carbocycles. The third-order valence-corrected chi connectivity index (χ3v) is 2.82. The molecule has 0 unspecified atom stereocenters. The van der Waals surface area contributed by atoms with Crippen molar-refractivity contribution in [3.05, 3.63) is 10.6 Å². The van der Waals surface area contributed by atoms with Crippen LogP contribution in [0.4, 0.5) is 5.13 Å². The highest BCUT2D eigenvalue weighted by Crippen LogP contribution is 2.21. The first-order valence-electron chi connectivity index (χ1n) is 4.51. The summed E-state index contributed by atoms with van der Waals surface area (Å²) in [5.41, 5.74) is 6.45. The summed E-state index contributed by atoms with van der Waals surface area (Å²) >= 11 is 1.43. The van der Waals surface area contributed by atoms with Crippen LogP contribution in [0.25, 0.3) is 0 Å². The number of thiazole rings is 1. The van der Waals surface area contributed by atoms with Gasteiger partial charge in [-0.25, -0.2) is 4.98 Å². The summed E-state index contributed by atoms with van der Waals surface area (Å²) in [6, 6.07) is 0. The number of ether oxygens (including phenoxy) is 1. The van der Waals surface area contributed by atoms with Crippen LogP contribution in [0, 0.1) is 6.92 Å². The fourth-order valence-corrected chi connectivity index (χ4v) is 1.96. The molecule has 1 heterocycles. The number of nitrogen functional groups attached to an aromatic ring is 1. The maximum absolute atomic E-state index is 11.1. The number of nitrogens with two attached hydrogens (primary N) is 1. The Kier molecular flexibility index (Phi) is 3.88. The fraction of sp³-hybridized carbons (Fsp3) is 0.556. The van der Waals surface area contributed by atoms with E-state index in [-0.39, 0.29) is 5.97 Å². The van der Waals surface area contributed by atoms with Gasteiger partial charge >= 0.3 is 5.97 Å². The van der Waals surface area contributed by atoms with Crippen molar-refractivity contribution in [1.82, 2.24) is 4.98 Å². The molecule has 5 heteroatoms. The first-order valence-corrected chi connectivity index (χ1v) is 5.32. The molecule has 0 aliphatic rings. The highest BCUT2D eigenvalue weighted by atomic mass is 32.1. The van der Waals surface area contributed by atoms with Gasteiger partial charge in [0.1, 0.15) is 0 Å². The summed E-state index contributed by atoms with van der Waals surface area (Å²) in [5, 5.41) is 0.557. The van der Waals surface area contributed by atoms with Gasteiger partial charge in [0.2, 0.25) is 0 Å². The van der Waals surface area contributed by atoms with Gasteiger partial charge in [-0.05, 0) is 20.3 Å². The summed E-state index contributed by atoms with van der Waals surface area (Å²) in [7, 11) is 0. The van der Waals surface area contributed by atoms with Crippen LogP contribution >= 0.6 is 11.3 Å². The molecule has 0 bridgehead atoms. The predicted octanol–water partition coefficient (Wildman–Crippen LogP) is 1.53. The number of carbonyl (C=O) groups excluding carboxylic acids is 1. The van der Waals surface area contributed by atoms with Crippen molar-refractivity contribution in [2.75, 3.05) is 12.3 Å². The molecule has 0 atom stereocenters. The van der Waals surface area contributed by atoms with Crippen molar-refractivity contribution in [2.24, 2.45) is 0 Å². The molecule has 0 aliphatic heterocycles. The van der Waals surface area contributed by atoms with E-state index in [4.69, 9.17) is 10.5 Å². The Morgan fingerprint density at radius 1 is 1.64 bits per heavy atom. The van der Waals surface area contributed by atoms with E-state index in [9.17, 15) is 4.79 Å². The van der Waals surface area contributed by atoms with Crippen molar-refractivity contribution in [2.45, 2.75) is 26.7 Å². The third-order valence-electron chi connectivity index (χ3n) is 1.77. The number of anilines is 1. The molecule has 0 amide bonds. The molecule has 1 rings (SSSR count). The topological polar surface area (TPSA) is 65.2 Å². The van der Waals surface area contributed by atoms with Crippen LogP contribution in [0.2, 0.25) is 0 Å². The Labute approximate surface area is 87.1 Å². The molecule has 0 saturated carbocycles. The van der Waals surface area contributed by atoms with Crippen molar-refractivity contribution in [1.29, 1.82) is 0 Å². The standard InChI is InChI=1S/C9H14N2O2S/c1-3-13-8(12)5-4-7-6(2)11-9(10)14-7/h3-5H2,1-2H3,(H2,10,11). The zero-order chi connectivity index (χ0) is 10.6. The highest BCUT2D eigenvalue weighted by Gasteiger charge is 2.08. The highest BCUT2D eigenvalue weighted by molar-refractivity contribution is 7.15. The van der Waals surface area contributed by atoms with Gasteiger partial charge in [-0.3, -0.25) is 4.79 Å². The van der Waals surface area contributed by atoms with Crippen molar-refractivity contribution in [3.63, 3.8) is 0 Å². The molecule has 0 radical (unpaired) electrons. The molecule has 78 valence electrons. The van der Waals surface area contributed by atoms with Gasteiger partial charge in [0, 0.05) is 4.88 Å². The van der Waals surface area contributed by atoms with Gasteiger partial charge in [0.25, 0.3) is 0 Å². The molecular weight excluding hydrogens is 200 g/mol. The van der Waals surface area contributed by atoms with Gasteiger partial charge < -0.3 is 10.5 Å². The lowest BCUT2D eigenvalue weighted by Crippen LogP contribution is -2.04. The monoisotopic (exact) mass is 214 g/mol. The van der Waals surface area contributed by atoms with E-state index < -0.39 is 0 Å². The van der Waals surface area contributed by atoms with E-state index >= 15 is 0 Å². The van der Waals surface area contributed by atoms with E-state index in [2.05, 4.69) is 4.98 Å². The van der Waals surface area contributed by atoms with E-state index in [1.165, 1.54) is 11.3 Å². The van der Waals surface area contributed by atoms with Crippen LogP contribution < -0.4 is 5.73 Å². The van der Waals surface area contributed by atoms with Crippen LogP contribution in [-0.2, 0) is 16.0 Å². The Morgan fingerprint density at radius 3 is 2.86 bits per heavy atom. The summed E-state index contributed by atoms with van der Waals surface area (Å²) in [5.74, 6) is -0.168. The van der Waals surface area contributed by atoms with Crippen LogP contribution in [0.5, 0.6) is 0 Å². The van der Waals surface area contributed by atoms with E-state index in [0.717, 1.165) is 10.6 Å². The van der Waals surface area contributed by atoms with Crippen LogP contribution in [-0.4, -0.2) is 17.6 Å². The third kappa shape index (κ3) is 2.99. The Bertz CT molecular complexity index is 323. The minimum absolute atomic E-state index is 0.168. The average molecular weight is 214 g/mol. The second-order valence-corrected chi connectivity index (χ2v) is 3.98. The summed E-state index contributed by atoms with van der Waals surface area (Å²) in [4.78, 5) is 16.2. The average Bonchev–Trinajstić information content (AvgIpc) is 2.42. The minimum atomic E-state index is -0.168. The molecule has 0 fully saturated rings. The van der Waals surface area contributed by atoms with Gasteiger partial charge in [0.05, 0.1) is 18.7 Å². The lowest BCUT2D eigenvalue weighted by molar-refractivity contribution is -0.143. The minimum Gasteiger partial charge on any atom is -0.466 e. The predicted molar refractivity (Wildman–Crippen MR) is 56.2 cm³/mol. The molecule has 0 aliphatic carbocycles. The summed E-state index contributed by atoms with van der Waals surface area (Å²) in [6.45, 7) is 4.13. The maximum atomic E-state index is 11.1. The lowest BCUT2D eigenvalue weighted by atomic mass is 10.2. The van der Waals surface area contributed by atoms with Gasteiger partial charge in [-0.2, -0.15) is 0 Å². The van der Waals surface area contributed by atoms with Gasteiger partial charge in [-0.15, -0.1) is 11.3 Å². The zero-order valence-corrected chi connectivity index (χ0v) is 9.19. The smallest absolute Gasteiger partial charge is 0.306 e. The van der Waals surface area contributed by atoms with E-state index in [1.807, 2.05) is 6.92 Å². The van der Waals surface area contributed by atoms with Crippen molar-refractivity contribution < 1.29 is 9.53 Å². The van der Waals surface area contributed by atoms with Crippen molar-refractivity contribution in [3.8, 4) is 0 Å². The number of carbonyl (C=O) groups is 1. The molecule has 1 aromatic rings. The van der Waals surface area contributed by atoms with E-state index in [0.29, 0.717) is 24.6 Å². The SMILES string of the molecule is CCOC(=O)CCc1sc(N)nc1C. The molecule has 0 spiro atoms. The summed E-state index contributed by atoms with van der Waals surface area (Å²) < 4.78 is 4.82.